The van der Waals surface area contributed by atoms with Crippen molar-refractivity contribution in [2.24, 2.45) is 7.05 Å². The summed E-state index contributed by atoms with van der Waals surface area (Å²) in [5.74, 6) is 0. The number of aryl methyl sites for hydroxylation is 1. The zero-order valence-corrected chi connectivity index (χ0v) is 9.37. The Bertz CT molecular complexity index is 281. The maximum absolute atomic E-state index is 5.30. The largest absolute Gasteiger partial charge is 0.377 e. The molecule has 1 aromatic rings. The van der Waals surface area contributed by atoms with Crippen LogP contribution in [0.15, 0.2) is 12.5 Å². The number of hydrogen-bond acceptors (Lipinski definition) is 3. The first kappa shape index (κ1) is 11.2. The van der Waals surface area contributed by atoms with Gasteiger partial charge in [0.15, 0.2) is 0 Å². The lowest BCUT2D eigenvalue weighted by molar-refractivity contribution is 0.0229. The molecule has 1 N–H and O–H groups in total. The standard InChI is InChI=1S/C10H19N3O/c1-10(2,14-4)7-11-5-9-6-12-8-13(9)3/h6,8,11H,5,7H2,1-4H3. The number of nitrogens with zero attached hydrogens (tertiary/aromatic N) is 2. The highest BCUT2D eigenvalue weighted by Gasteiger charge is 2.15. The Kier molecular flexibility index (Phi) is 3.66. The molecule has 4 heteroatoms. The smallest absolute Gasteiger partial charge is 0.0945 e. The van der Waals surface area contributed by atoms with Gasteiger partial charge in [0.25, 0.3) is 0 Å². The molecular weight excluding hydrogens is 178 g/mol. The molecule has 1 aromatic heterocycles. The number of hydrogen-bond donors (Lipinski definition) is 1. The molecule has 0 saturated carbocycles. The Morgan fingerprint density at radius 3 is 2.79 bits per heavy atom. The van der Waals surface area contributed by atoms with Crippen molar-refractivity contribution in [3.8, 4) is 0 Å². The molecule has 0 aliphatic carbocycles. The summed E-state index contributed by atoms with van der Waals surface area (Å²) in [6, 6.07) is 0. The summed E-state index contributed by atoms with van der Waals surface area (Å²) in [4.78, 5) is 4.05. The van der Waals surface area contributed by atoms with Crippen molar-refractivity contribution in [2.45, 2.75) is 26.0 Å². The van der Waals surface area contributed by atoms with E-state index in [0.717, 1.165) is 13.1 Å². The molecule has 0 spiro atoms. The van der Waals surface area contributed by atoms with Crippen LogP contribution in [-0.4, -0.2) is 28.8 Å². The summed E-state index contributed by atoms with van der Waals surface area (Å²) in [6.07, 6.45) is 3.67. The lowest BCUT2D eigenvalue weighted by Crippen LogP contribution is -2.36. The van der Waals surface area contributed by atoms with Crippen molar-refractivity contribution in [2.75, 3.05) is 13.7 Å². The molecular formula is C10H19N3O. The number of imidazole rings is 1. The van der Waals surface area contributed by atoms with Gasteiger partial charge < -0.3 is 14.6 Å². The first-order valence-corrected chi connectivity index (χ1v) is 4.76. The first-order chi connectivity index (χ1) is 6.55. The molecule has 14 heavy (non-hydrogen) atoms. The van der Waals surface area contributed by atoms with E-state index in [1.807, 2.05) is 17.8 Å². The predicted molar refractivity (Wildman–Crippen MR) is 56.0 cm³/mol. The van der Waals surface area contributed by atoms with Gasteiger partial charge in [0.05, 0.1) is 17.6 Å². The number of rotatable bonds is 5. The molecule has 0 amide bonds. The van der Waals surface area contributed by atoms with Crippen molar-refractivity contribution in [1.29, 1.82) is 0 Å². The third kappa shape index (κ3) is 3.12. The highest BCUT2D eigenvalue weighted by Crippen LogP contribution is 2.05. The summed E-state index contributed by atoms with van der Waals surface area (Å²) >= 11 is 0. The summed E-state index contributed by atoms with van der Waals surface area (Å²) in [5.41, 5.74) is 1.07. The fourth-order valence-electron chi connectivity index (χ4n) is 1.12. The molecule has 0 bridgehead atoms. The Morgan fingerprint density at radius 2 is 2.29 bits per heavy atom. The highest BCUT2D eigenvalue weighted by molar-refractivity contribution is 4.96. The Labute approximate surface area is 85.3 Å². The molecule has 0 radical (unpaired) electrons. The number of nitrogens with one attached hydrogen (secondary N) is 1. The van der Waals surface area contributed by atoms with E-state index < -0.39 is 0 Å². The van der Waals surface area contributed by atoms with Crippen LogP contribution in [0.4, 0.5) is 0 Å². The van der Waals surface area contributed by atoms with E-state index in [9.17, 15) is 0 Å². The van der Waals surface area contributed by atoms with E-state index in [-0.39, 0.29) is 5.60 Å². The van der Waals surface area contributed by atoms with Gasteiger partial charge in [-0.1, -0.05) is 0 Å². The first-order valence-electron chi connectivity index (χ1n) is 4.76. The Morgan fingerprint density at radius 1 is 1.57 bits per heavy atom. The average molecular weight is 197 g/mol. The van der Waals surface area contributed by atoms with Crippen LogP contribution in [0.25, 0.3) is 0 Å². The summed E-state index contributed by atoms with van der Waals surface area (Å²) < 4.78 is 7.31. The number of ether oxygens (including phenoxy) is 1. The van der Waals surface area contributed by atoms with E-state index in [4.69, 9.17) is 4.74 Å². The Hall–Kier alpha value is -0.870. The van der Waals surface area contributed by atoms with E-state index in [1.165, 1.54) is 5.69 Å². The zero-order chi connectivity index (χ0) is 10.6. The van der Waals surface area contributed by atoms with Crippen LogP contribution < -0.4 is 5.32 Å². The quantitative estimate of drug-likeness (QED) is 0.763. The van der Waals surface area contributed by atoms with Crippen molar-refractivity contribution in [1.82, 2.24) is 14.9 Å². The second kappa shape index (κ2) is 4.57. The summed E-state index contributed by atoms with van der Waals surface area (Å²) in [5, 5.41) is 3.33. The van der Waals surface area contributed by atoms with Gasteiger partial charge >= 0.3 is 0 Å². The number of methoxy groups -OCH3 is 1. The minimum absolute atomic E-state index is 0.113. The third-order valence-corrected chi connectivity index (χ3v) is 2.33. The predicted octanol–water partition coefficient (Wildman–Crippen LogP) is 0.935. The SMILES string of the molecule is COC(C)(C)CNCc1cncn1C. The maximum atomic E-state index is 5.30. The monoisotopic (exact) mass is 197 g/mol. The van der Waals surface area contributed by atoms with Crippen LogP contribution in [0, 0.1) is 0 Å². The average Bonchev–Trinajstić information content (AvgIpc) is 2.52. The molecule has 1 rings (SSSR count). The molecule has 4 nitrogen and oxygen atoms in total. The topological polar surface area (TPSA) is 39.1 Å². The van der Waals surface area contributed by atoms with Crippen LogP contribution >= 0.6 is 0 Å². The molecule has 0 atom stereocenters. The molecule has 0 unspecified atom stereocenters. The highest BCUT2D eigenvalue weighted by atomic mass is 16.5. The second-order valence-electron chi connectivity index (χ2n) is 4.06. The van der Waals surface area contributed by atoms with Crippen molar-refractivity contribution in [3.63, 3.8) is 0 Å². The van der Waals surface area contributed by atoms with Crippen LogP contribution in [0.1, 0.15) is 19.5 Å². The summed E-state index contributed by atoms with van der Waals surface area (Å²) in [7, 11) is 3.72. The van der Waals surface area contributed by atoms with Gasteiger partial charge in [-0.15, -0.1) is 0 Å². The fourth-order valence-corrected chi connectivity index (χ4v) is 1.12. The molecule has 0 aliphatic heterocycles. The van der Waals surface area contributed by atoms with Crippen LogP contribution in [0.3, 0.4) is 0 Å². The minimum Gasteiger partial charge on any atom is -0.377 e. The molecule has 1 heterocycles. The van der Waals surface area contributed by atoms with E-state index in [2.05, 4.69) is 24.1 Å². The number of aromatic nitrogens is 2. The normalized spacial score (nSPS) is 12.0. The van der Waals surface area contributed by atoms with Gasteiger partial charge in [0, 0.05) is 33.4 Å². The van der Waals surface area contributed by atoms with Crippen LogP contribution in [-0.2, 0) is 18.3 Å². The van der Waals surface area contributed by atoms with Crippen molar-refractivity contribution in [3.05, 3.63) is 18.2 Å². The minimum atomic E-state index is -0.113. The van der Waals surface area contributed by atoms with Crippen molar-refractivity contribution < 1.29 is 4.74 Å². The van der Waals surface area contributed by atoms with Gasteiger partial charge in [-0.05, 0) is 13.8 Å². The third-order valence-electron chi connectivity index (χ3n) is 2.33. The molecule has 0 aromatic carbocycles. The van der Waals surface area contributed by atoms with Crippen molar-refractivity contribution >= 4 is 0 Å². The maximum Gasteiger partial charge on any atom is 0.0945 e. The molecule has 0 fully saturated rings. The van der Waals surface area contributed by atoms with E-state index in [0.29, 0.717) is 0 Å². The van der Waals surface area contributed by atoms with Gasteiger partial charge in [-0.2, -0.15) is 0 Å². The molecule has 0 aliphatic rings. The lowest BCUT2D eigenvalue weighted by atomic mass is 10.1. The van der Waals surface area contributed by atoms with E-state index >= 15 is 0 Å². The zero-order valence-electron chi connectivity index (χ0n) is 9.37. The molecule has 80 valence electrons. The van der Waals surface area contributed by atoms with Crippen LogP contribution in [0.2, 0.25) is 0 Å². The van der Waals surface area contributed by atoms with Gasteiger partial charge in [-0.3, -0.25) is 0 Å². The summed E-state index contributed by atoms with van der Waals surface area (Å²) in [6.45, 7) is 5.77. The van der Waals surface area contributed by atoms with Gasteiger partial charge in [0.1, 0.15) is 0 Å². The van der Waals surface area contributed by atoms with Gasteiger partial charge in [0.2, 0.25) is 0 Å². The van der Waals surface area contributed by atoms with Gasteiger partial charge in [-0.25, -0.2) is 4.98 Å². The second-order valence-corrected chi connectivity index (χ2v) is 4.06. The van der Waals surface area contributed by atoms with E-state index in [1.54, 1.807) is 13.4 Å². The lowest BCUT2D eigenvalue weighted by Gasteiger charge is -2.23. The fraction of sp³-hybridized carbons (Fsp3) is 0.700. The Balaban J connectivity index is 2.32. The molecule has 0 saturated heterocycles. The van der Waals surface area contributed by atoms with Crippen LogP contribution in [0.5, 0.6) is 0 Å².